The van der Waals surface area contributed by atoms with Gasteiger partial charge in [-0.25, -0.2) is 13.2 Å². The summed E-state index contributed by atoms with van der Waals surface area (Å²) in [6, 6.07) is 10.8. The van der Waals surface area contributed by atoms with E-state index >= 15 is 0 Å². The largest absolute Gasteiger partial charge is 0.419 e. The summed E-state index contributed by atoms with van der Waals surface area (Å²) in [5, 5.41) is 0. The highest BCUT2D eigenvalue weighted by Gasteiger charge is 2.31. The molecule has 0 fully saturated rings. The summed E-state index contributed by atoms with van der Waals surface area (Å²) in [7, 11) is -3.75. The zero-order valence-corrected chi connectivity index (χ0v) is 15.5. The van der Waals surface area contributed by atoms with E-state index in [1.807, 2.05) is 31.2 Å². The molecule has 7 heteroatoms. The lowest BCUT2D eigenvalue weighted by atomic mass is 10.0. The van der Waals surface area contributed by atoms with Crippen LogP contribution in [0.15, 0.2) is 50.5 Å². The van der Waals surface area contributed by atoms with Crippen molar-refractivity contribution in [3.05, 3.63) is 58.1 Å². The van der Waals surface area contributed by atoms with E-state index in [-0.39, 0.29) is 4.90 Å². The number of aryl methyl sites for hydroxylation is 3. The second-order valence-electron chi connectivity index (χ2n) is 6.51. The fourth-order valence-electron chi connectivity index (χ4n) is 3.64. The predicted octanol–water partition coefficient (Wildman–Crippen LogP) is 3.06. The van der Waals surface area contributed by atoms with Crippen LogP contribution < -0.4 is 10.1 Å². The van der Waals surface area contributed by atoms with Gasteiger partial charge in [0.25, 0.3) is 10.0 Å². The van der Waals surface area contributed by atoms with Gasteiger partial charge >= 0.3 is 5.76 Å². The Morgan fingerprint density at radius 1 is 1.19 bits per heavy atom. The second-order valence-corrected chi connectivity index (χ2v) is 8.34. The van der Waals surface area contributed by atoms with E-state index in [1.165, 1.54) is 14.9 Å². The normalized spacial score (nSPS) is 14.6. The molecule has 0 bridgehead atoms. The first kappa shape index (κ1) is 16.9. The zero-order valence-electron chi connectivity index (χ0n) is 14.7. The monoisotopic (exact) mass is 372 g/mol. The number of fused-ring (bicyclic) bond motifs is 2. The van der Waals surface area contributed by atoms with Crippen molar-refractivity contribution in [2.24, 2.45) is 0 Å². The zero-order chi connectivity index (χ0) is 18.5. The summed E-state index contributed by atoms with van der Waals surface area (Å²) in [5.74, 6) is -0.472. The molecule has 1 aliphatic heterocycles. The van der Waals surface area contributed by atoms with Crippen LogP contribution in [0.4, 0.5) is 5.69 Å². The summed E-state index contributed by atoms with van der Waals surface area (Å²) in [6.45, 7) is 4.51. The Balaban J connectivity index is 1.90. The first-order chi connectivity index (χ1) is 12.4. The molecule has 136 valence electrons. The van der Waals surface area contributed by atoms with Gasteiger partial charge in [-0.2, -0.15) is 0 Å². The molecule has 4 rings (SSSR count). The Hall–Kier alpha value is -2.54. The maximum Gasteiger partial charge on any atom is 0.419 e. The maximum atomic E-state index is 13.4. The fourth-order valence-corrected chi connectivity index (χ4v) is 5.40. The number of aromatic nitrogens is 1. The molecule has 2 aromatic carbocycles. The molecular formula is C19H20N2O4S. The van der Waals surface area contributed by atoms with Crippen molar-refractivity contribution in [1.82, 2.24) is 4.57 Å². The standard InChI is InChI=1S/C19H20N2O4S/c1-3-20-16-11-13(2)18(12-17(16)25-19(20)22)26(23,24)21-10-6-8-14-7-4-5-9-15(14)21/h4-5,7,9,11-12H,3,6,8,10H2,1-2H3. The molecule has 2 heterocycles. The number of rotatable bonds is 3. The molecule has 1 aromatic heterocycles. The highest BCUT2D eigenvalue weighted by Crippen LogP contribution is 2.33. The number of anilines is 1. The van der Waals surface area contributed by atoms with Gasteiger partial charge in [0.2, 0.25) is 0 Å². The molecule has 0 atom stereocenters. The summed E-state index contributed by atoms with van der Waals surface area (Å²) in [4.78, 5) is 12.1. The van der Waals surface area contributed by atoms with Gasteiger partial charge in [0.1, 0.15) is 0 Å². The summed E-state index contributed by atoms with van der Waals surface area (Å²) in [6.07, 6.45) is 1.65. The first-order valence-electron chi connectivity index (χ1n) is 8.68. The predicted molar refractivity (Wildman–Crippen MR) is 100 cm³/mol. The van der Waals surface area contributed by atoms with Crippen LogP contribution in [0.1, 0.15) is 24.5 Å². The number of para-hydroxylation sites is 1. The highest BCUT2D eigenvalue weighted by atomic mass is 32.2. The Morgan fingerprint density at radius 2 is 1.96 bits per heavy atom. The molecule has 0 N–H and O–H groups in total. The number of benzene rings is 2. The Kier molecular flexibility index (Phi) is 3.91. The lowest BCUT2D eigenvalue weighted by Gasteiger charge is -2.30. The van der Waals surface area contributed by atoms with Crippen molar-refractivity contribution in [1.29, 1.82) is 0 Å². The van der Waals surface area contributed by atoms with Crippen LogP contribution in [-0.4, -0.2) is 19.5 Å². The maximum absolute atomic E-state index is 13.4. The summed E-state index contributed by atoms with van der Waals surface area (Å²) >= 11 is 0. The van der Waals surface area contributed by atoms with Gasteiger partial charge in [0.05, 0.1) is 16.1 Å². The van der Waals surface area contributed by atoms with Crippen LogP contribution in [-0.2, 0) is 23.0 Å². The minimum atomic E-state index is -3.75. The molecule has 0 amide bonds. The van der Waals surface area contributed by atoms with Gasteiger partial charge in [-0.05, 0) is 49.9 Å². The van der Waals surface area contributed by atoms with E-state index in [2.05, 4.69) is 0 Å². The van der Waals surface area contributed by atoms with Crippen LogP contribution in [0.3, 0.4) is 0 Å². The van der Waals surface area contributed by atoms with E-state index < -0.39 is 15.8 Å². The van der Waals surface area contributed by atoms with Crippen LogP contribution in [0.2, 0.25) is 0 Å². The summed E-state index contributed by atoms with van der Waals surface area (Å²) < 4.78 is 35.0. The Morgan fingerprint density at radius 3 is 2.73 bits per heavy atom. The molecule has 0 saturated carbocycles. The fraction of sp³-hybridized carbons (Fsp3) is 0.316. The molecule has 0 aliphatic carbocycles. The number of oxazole rings is 1. The molecule has 1 aliphatic rings. The average molecular weight is 372 g/mol. The van der Waals surface area contributed by atoms with Crippen LogP contribution >= 0.6 is 0 Å². The van der Waals surface area contributed by atoms with Gasteiger partial charge < -0.3 is 4.42 Å². The van der Waals surface area contributed by atoms with Crippen LogP contribution in [0.25, 0.3) is 11.1 Å². The van der Waals surface area contributed by atoms with Crippen molar-refractivity contribution in [2.45, 2.75) is 38.1 Å². The number of hydrogen-bond acceptors (Lipinski definition) is 4. The molecule has 26 heavy (non-hydrogen) atoms. The minimum absolute atomic E-state index is 0.179. The van der Waals surface area contributed by atoms with Crippen molar-refractivity contribution in [2.75, 3.05) is 10.8 Å². The lowest BCUT2D eigenvalue weighted by molar-refractivity contribution is 0.512. The van der Waals surface area contributed by atoms with E-state index in [1.54, 1.807) is 13.0 Å². The number of nitrogens with zero attached hydrogens (tertiary/aromatic N) is 2. The highest BCUT2D eigenvalue weighted by molar-refractivity contribution is 7.92. The van der Waals surface area contributed by atoms with Gasteiger partial charge in [-0.15, -0.1) is 0 Å². The topological polar surface area (TPSA) is 72.5 Å². The SMILES string of the molecule is CCn1c(=O)oc2cc(S(=O)(=O)N3CCCc4ccccc43)c(C)cc21. The molecule has 0 radical (unpaired) electrons. The number of sulfonamides is 1. The molecular weight excluding hydrogens is 352 g/mol. The van der Waals surface area contributed by atoms with Gasteiger partial charge in [-0.1, -0.05) is 18.2 Å². The first-order valence-corrected chi connectivity index (χ1v) is 10.1. The molecule has 3 aromatic rings. The third-order valence-corrected chi connectivity index (χ3v) is 6.87. The van der Waals surface area contributed by atoms with Crippen molar-refractivity contribution >= 4 is 26.8 Å². The summed E-state index contributed by atoms with van der Waals surface area (Å²) in [5.41, 5.74) is 3.28. The van der Waals surface area contributed by atoms with E-state index in [9.17, 15) is 13.2 Å². The van der Waals surface area contributed by atoms with Crippen LogP contribution in [0.5, 0.6) is 0 Å². The van der Waals surface area contributed by atoms with Gasteiger partial charge in [0.15, 0.2) is 5.58 Å². The van der Waals surface area contributed by atoms with Crippen molar-refractivity contribution in [3.8, 4) is 0 Å². The third-order valence-electron chi connectivity index (χ3n) is 4.92. The quantitative estimate of drug-likeness (QED) is 0.708. The third kappa shape index (κ3) is 2.46. The average Bonchev–Trinajstić information content (AvgIpc) is 2.94. The molecule has 0 saturated heterocycles. The van der Waals surface area contributed by atoms with Crippen molar-refractivity contribution < 1.29 is 12.8 Å². The van der Waals surface area contributed by atoms with Crippen LogP contribution in [0, 0.1) is 6.92 Å². The second kappa shape index (κ2) is 6.02. The lowest BCUT2D eigenvalue weighted by Crippen LogP contribution is -2.35. The molecule has 0 spiro atoms. The van der Waals surface area contributed by atoms with E-state index in [0.29, 0.717) is 29.8 Å². The van der Waals surface area contributed by atoms with E-state index in [0.717, 1.165) is 24.1 Å². The molecule has 0 unspecified atom stereocenters. The van der Waals surface area contributed by atoms with E-state index in [4.69, 9.17) is 4.42 Å². The molecule has 6 nitrogen and oxygen atoms in total. The Bertz CT molecular complexity index is 1160. The van der Waals surface area contributed by atoms with Gasteiger partial charge in [0, 0.05) is 19.2 Å². The number of hydrogen-bond donors (Lipinski definition) is 0. The Labute approximate surface area is 151 Å². The van der Waals surface area contributed by atoms with Gasteiger partial charge in [-0.3, -0.25) is 8.87 Å². The smallest absolute Gasteiger partial charge is 0.408 e. The minimum Gasteiger partial charge on any atom is -0.408 e. The van der Waals surface area contributed by atoms with Crippen molar-refractivity contribution in [3.63, 3.8) is 0 Å².